The fourth-order valence-corrected chi connectivity index (χ4v) is 1.85. The Bertz CT molecular complexity index is 580. The number of nitrogens with two attached hydrogens (primary N) is 1. The van der Waals surface area contributed by atoms with Gasteiger partial charge in [-0.1, -0.05) is 0 Å². The second-order valence-corrected chi connectivity index (χ2v) is 4.41. The average molecular weight is 263 g/mol. The topological polar surface area (TPSA) is 106 Å². The Morgan fingerprint density at radius 1 is 1.59 bits per heavy atom. The lowest BCUT2D eigenvalue weighted by Gasteiger charge is -2.09. The zero-order valence-electron chi connectivity index (χ0n) is 8.52. The van der Waals surface area contributed by atoms with Crippen molar-refractivity contribution >= 4 is 10.0 Å². The molecule has 0 bridgehead atoms. The number of pyridine rings is 1. The first-order valence-corrected chi connectivity index (χ1v) is 5.66. The summed E-state index contributed by atoms with van der Waals surface area (Å²) in [6.07, 6.45) is -3.02. The van der Waals surface area contributed by atoms with Gasteiger partial charge < -0.3 is 4.74 Å². The van der Waals surface area contributed by atoms with Crippen LogP contribution < -0.4 is 9.88 Å². The Hall–Kier alpha value is -1.79. The molecule has 9 heteroatoms. The number of primary sulfonamides is 1. The van der Waals surface area contributed by atoms with Gasteiger partial charge in [-0.25, -0.2) is 27.3 Å². The lowest BCUT2D eigenvalue weighted by Crippen LogP contribution is -2.15. The monoisotopic (exact) mass is 263 g/mol. The maximum absolute atomic E-state index is 12.4. The van der Waals surface area contributed by atoms with Crippen molar-refractivity contribution in [3.63, 3.8) is 0 Å². The number of hydrogen-bond donors (Lipinski definition) is 1. The molecule has 0 aliphatic heterocycles. The number of rotatable bonds is 3. The predicted octanol–water partition coefficient (Wildman–Crippen LogP) is 0.547. The Morgan fingerprint density at radius 3 is 2.53 bits per heavy atom. The summed E-state index contributed by atoms with van der Waals surface area (Å²) in [5.74, 6) is -0.445. The van der Waals surface area contributed by atoms with Crippen molar-refractivity contribution in [3.8, 4) is 11.8 Å². The summed E-state index contributed by atoms with van der Waals surface area (Å²) in [5.41, 5.74) is -1.42. The fraction of sp³-hybridized carbons (Fsp3) is 0.250. The summed E-state index contributed by atoms with van der Waals surface area (Å²) in [4.78, 5) is 2.59. The average Bonchev–Trinajstić information content (AvgIpc) is 2.25. The van der Waals surface area contributed by atoms with Crippen LogP contribution >= 0.6 is 0 Å². The highest BCUT2D eigenvalue weighted by atomic mass is 32.2. The zero-order valence-corrected chi connectivity index (χ0v) is 9.33. The molecule has 0 amide bonds. The van der Waals surface area contributed by atoms with Gasteiger partial charge in [0.2, 0.25) is 10.0 Å². The number of nitrogens with zero attached hydrogens (tertiary/aromatic N) is 2. The minimum atomic E-state index is -4.28. The van der Waals surface area contributed by atoms with Gasteiger partial charge in [0, 0.05) is 0 Å². The molecule has 17 heavy (non-hydrogen) atoms. The lowest BCUT2D eigenvalue weighted by atomic mass is 10.3. The molecule has 0 atom stereocenters. The van der Waals surface area contributed by atoms with Crippen LogP contribution in [0.1, 0.15) is 17.8 Å². The molecule has 6 nitrogen and oxygen atoms in total. The predicted molar refractivity (Wildman–Crippen MR) is 51.8 cm³/mol. The maximum atomic E-state index is 12.4. The van der Waals surface area contributed by atoms with Crippen LogP contribution in [0.15, 0.2) is 11.0 Å². The second kappa shape index (κ2) is 4.60. The zero-order chi connectivity index (χ0) is 13.2. The Morgan fingerprint density at radius 2 is 2.18 bits per heavy atom. The summed E-state index contributed by atoms with van der Waals surface area (Å²) >= 11 is 0. The molecule has 0 spiro atoms. The van der Waals surface area contributed by atoms with Gasteiger partial charge in [-0.2, -0.15) is 5.26 Å². The number of aromatic nitrogens is 1. The first kappa shape index (κ1) is 13.3. The number of nitriles is 1. The van der Waals surface area contributed by atoms with Crippen LogP contribution in [-0.2, 0) is 10.0 Å². The third-order valence-corrected chi connectivity index (χ3v) is 2.72. The van der Waals surface area contributed by atoms with Crippen molar-refractivity contribution in [3.05, 3.63) is 17.5 Å². The second-order valence-electron chi connectivity index (χ2n) is 2.88. The van der Waals surface area contributed by atoms with Gasteiger partial charge in [0.05, 0.1) is 7.11 Å². The Balaban J connectivity index is 3.68. The smallest absolute Gasteiger partial charge is 0.280 e. The van der Waals surface area contributed by atoms with Crippen LogP contribution in [0.3, 0.4) is 0 Å². The summed E-state index contributed by atoms with van der Waals surface area (Å²) in [6.45, 7) is 0. The number of halogens is 2. The van der Waals surface area contributed by atoms with Crippen molar-refractivity contribution in [1.82, 2.24) is 4.98 Å². The van der Waals surface area contributed by atoms with E-state index < -0.39 is 38.5 Å². The molecule has 1 aromatic rings. The molecule has 2 N–H and O–H groups in total. The normalized spacial score (nSPS) is 11.3. The molecule has 0 unspecified atom stereocenters. The molecule has 0 saturated carbocycles. The van der Waals surface area contributed by atoms with E-state index in [4.69, 9.17) is 10.4 Å². The van der Waals surface area contributed by atoms with Crippen LogP contribution in [0.2, 0.25) is 0 Å². The van der Waals surface area contributed by atoms with Crippen molar-refractivity contribution in [2.45, 2.75) is 11.3 Å². The van der Waals surface area contributed by atoms with Gasteiger partial charge in [0.1, 0.15) is 16.7 Å². The third-order valence-electron chi connectivity index (χ3n) is 1.80. The van der Waals surface area contributed by atoms with E-state index in [0.717, 1.165) is 7.11 Å². The minimum Gasteiger partial charge on any atom is -0.492 e. The molecular weight excluding hydrogens is 256 g/mol. The minimum absolute atomic E-state index is 0.445. The molecule has 0 aliphatic rings. The molecule has 1 rings (SSSR count). The summed E-state index contributed by atoms with van der Waals surface area (Å²) in [5, 5.41) is 13.5. The van der Waals surface area contributed by atoms with Gasteiger partial charge in [-0.15, -0.1) is 0 Å². The van der Waals surface area contributed by atoms with Crippen molar-refractivity contribution in [2.75, 3.05) is 7.11 Å². The highest BCUT2D eigenvalue weighted by Crippen LogP contribution is 2.29. The quantitative estimate of drug-likeness (QED) is 0.856. The fourth-order valence-electron chi connectivity index (χ4n) is 1.12. The SMILES string of the molecule is COc1c(S(N)(=O)=O)cc(C(F)F)nc1C#N. The van der Waals surface area contributed by atoms with E-state index in [-0.39, 0.29) is 0 Å². The van der Waals surface area contributed by atoms with Crippen molar-refractivity contribution < 1.29 is 21.9 Å². The van der Waals surface area contributed by atoms with Gasteiger partial charge >= 0.3 is 0 Å². The number of sulfonamides is 1. The number of hydrogen-bond acceptors (Lipinski definition) is 5. The van der Waals surface area contributed by atoms with Crippen LogP contribution in [0, 0.1) is 11.3 Å². The molecule has 0 saturated heterocycles. The van der Waals surface area contributed by atoms with Crippen molar-refractivity contribution in [2.24, 2.45) is 5.14 Å². The van der Waals surface area contributed by atoms with Gasteiger partial charge in [-0.05, 0) is 6.07 Å². The van der Waals surface area contributed by atoms with Gasteiger partial charge in [-0.3, -0.25) is 0 Å². The molecular formula is C8H7F2N3O3S. The Kier molecular flexibility index (Phi) is 3.59. The van der Waals surface area contributed by atoms with Crippen LogP contribution in [0.5, 0.6) is 5.75 Å². The molecule has 0 aliphatic carbocycles. The number of methoxy groups -OCH3 is 1. The molecule has 1 aromatic heterocycles. The Labute approximate surface area is 95.7 Å². The maximum Gasteiger partial charge on any atom is 0.280 e. The van der Waals surface area contributed by atoms with E-state index in [1.165, 1.54) is 6.07 Å². The lowest BCUT2D eigenvalue weighted by molar-refractivity contribution is 0.145. The van der Waals surface area contributed by atoms with Crippen LogP contribution in [0.4, 0.5) is 8.78 Å². The number of alkyl halides is 2. The van der Waals surface area contributed by atoms with E-state index in [9.17, 15) is 17.2 Å². The third kappa shape index (κ3) is 2.66. The van der Waals surface area contributed by atoms with Gasteiger partial charge in [0.15, 0.2) is 11.4 Å². The molecule has 0 fully saturated rings. The molecule has 92 valence electrons. The molecule has 0 radical (unpaired) electrons. The largest absolute Gasteiger partial charge is 0.492 e. The van der Waals surface area contributed by atoms with Crippen molar-refractivity contribution in [1.29, 1.82) is 5.26 Å². The van der Waals surface area contributed by atoms with E-state index in [1.54, 1.807) is 0 Å². The highest BCUT2D eigenvalue weighted by molar-refractivity contribution is 7.89. The van der Waals surface area contributed by atoms with E-state index >= 15 is 0 Å². The van der Waals surface area contributed by atoms with E-state index in [1.807, 2.05) is 0 Å². The standard InChI is InChI=1S/C8H7F2N3O3S/c1-16-7-5(3-11)13-4(8(9)10)2-6(7)17(12,14)15/h2,8H,1H3,(H2,12,14,15). The first-order chi connectivity index (χ1) is 7.81. The summed E-state index contributed by atoms with van der Waals surface area (Å²) in [6, 6.07) is 2.05. The summed E-state index contributed by atoms with van der Waals surface area (Å²) < 4.78 is 51.9. The molecule has 0 aromatic carbocycles. The van der Waals surface area contributed by atoms with Gasteiger partial charge in [0.25, 0.3) is 6.43 Å². The van der Waals surface area contributed by atoms with E-state index in [0.29, 0.717) is 6.07 Å². The molecule has 1 heterocycles. The number of ether oxygens (including phenoxy) is 1. The van der Waals surface area contributed by atoms with Crippen LogP contribution in [-0.4, -0.2) is 20.5 Å². The first-order valence-electron chi connectivity index (χ1n) is 4.11. The highest BCUT2D eigenvalue weighted by Gasteiger charge is 2.24. The summed E-state index contributed by atoms with van der Waals surface area (Å²) in [7, 11) is -3.21. The van der Waals surface area contributed by atoms with E-state index in [2.05, 4.69) is 9.72 Å². The van der Waals surface area contributed by atoms with Crippen LogP contribution in [0.25, 0.3) is 0 Å².